The summed E-state index contributed by atoms with van der Waals surface area (Å²) in [5, 5.41) is 10.3. The molecule has 1 aliphatic heterocycles. The number of carbonyl (C=O) groups is 1. The minimum Gasteiger partial charge on any atom is -0.336 e. The van der Waals surface area contributed by atoms with E-state index in [4.69, 9.17) is 11.6 Å². The van der Waals surface area contributed by atoms with Gasteiger partial charge in [0.15, 0.2) is 5.69 Å². The van der Waals surface area contributed by atoms with Gasteiger partial charge in [-0.15, -0.1) is 0 Å². The summed E-state index contributed by atoms with van der Waals surface area (Å²) in [6, 6.07) is 21.3. The van der Waals surface area contributed by atoms with Crippen LogP contribution in [0.4, 0.5) is 4.39 Å². The number of hydrogen-bond acceptors (Lipinski definition) is 3. The van der Waals surface area contributed by atoms with E-state index in [0.29, 0.717) is 35.6 Å². The molecule has 1 saturated carbocycles. The zero-order chi connectivity index (χ0) is 26.2. The first kappa shape index (κ1) is 23.2. The highest BCUT2D eigenvalue weighted by molar-refractivity contribution is 6.33. The molecule has 7 rings (SSSR count). The first-order chi connectivity index (χ1) is 18.4. The normalized spacial score (nSPS) is 22.2. The number of amides is 1. The highest BCUT2D eigenvalue weighted by atomic mass is 35.5. The molecule has 3 aromatic carbocycles. The van der Waals surface area contributed by atoms with Gasteiger partial charge < -0.3 is 4.90 Å². The molecule has 1 saturated heterocycles. The van der Waals surface area contributed by atoms with Crippen molar-refractivity contribution >= 4 is 28.4 Å². The van der Waals surface area contributed by atoms with Crippen molar-refractivity contribution in [3.8, 4) is 5.69 Å². The molecule has 3 heterocycles. The second-order valence-corrected chi connectivity index (χ2v) is 10.9. The molecule has 0 spiro atoms. The molecule has 6 nitrogen and oxygen atoms in total. The smallest absolute Gasteiger partial charge is 0.275 e. The molecule has 3 atom stereocenters. The fourth-order valence-corrected chi connectivity index (χ4v) is 6.90. The third kappa shape index (κ3) is 3.34. The highest BCUT2D eigenvalue weighted by Crippen LogP contribution is 2.70. The predicted octanol–water partition coefficient (Wildman–Crippen LogP) is 5.67. The number of nitrogens with zero attached hydrogens (tertiary/aromatic N) is 5. The largest absolute Gasteiger partial charge is 0.336 e. The maximum atomic E-state index is 13.5. The lowest BCUT2D eigenvalue weighted by molar-refractivity contribution is 0.0762. The maximum absolute atomic E-state index is 13.5. The lowest BCUT2D eigenvalue weighted by Gasteiger charge is -2.25. The van der Waals surface area contributed by atoms with Crippen molar-refractivity contribution in [1.82, 2.24) is 24.5 Å². The first-order valence-electron chi connectivity index (χ1n) is 12.6. The van der Waals surface area contributed by atoms with E-state index in [0.717, 1.165) is 22.2 Å². The fourth-order valence-electron chi connectivity index (χ4n) is 6.64. The third-order valence-corrected chi connectivity index (χ3v) is 8.58. The number of likely N-dealkylation sites (tertiary alicyclic amines) is 1. The third-order valence-electron chi connectivity index (χ3n) is 8.30. The van der Waals surface area contributed by atoms with Gasteiger partial charge in [0.2, 0.25) is 0 Å². The van der Waals surface area contributed by atoms with Crippen LogP contribution in [0.2, 0.25) is 5.02 Å². The van der Waals surface area contributed by atoms with Crippen LogP contribution in [-0.2, 0) is 12.5 Å². The molecule has 0 radical (unpaired) electrons. The molecule has 190 valence electrons. The maximum Gasteiger partial charge on any atom is 0.275 e. The number of fused-ring (bicyclic) bond motifs is 2. The van der Waals surface area contributed by atoms with Crippen LogP contribution in [0.15, 0.2) is 79.1 Å². The SMILES string of the molecule is Cc1cc2c(cnn2-c2ccc(F)cc2)cc1[C@]12CN(C(=O)c3nn(C)cc3Cl)C[C@H]1[C@@H]2c1ccccc1. The summed E-state index contributed by atoms with van der Waals surface area (Å²) in [6.45, 7) is 3.38. The first-order valence-corrected chi connectivity index (χ1v) is 13.0. The molecule has 2 aliphatic rings. The molecule has 0 N–H and O–H groups in total. The van der Waals surface area contributed by atoms with E-state index in [1.165, 1.54) is 23.3 Å². The molecular weight excluding hydrogens is 501 g/mol. The van der Waals surface area contributed by atoms with Crippen LogP contribution in [0.25, 0.3) is 16.6 Å². The zero-order valence-corrected chi connectivity index (χ0v) is 21.7. The van der Waals surface area contributed by atoms with Crippen LogP contribution in [-0.4, -0.2) is 43.5 Å². The van der Waals surface area contributed by atoms with E-state index in [-0.39, 0.29) is 17.1 Å². The Morgan fingerprint density at radius 2 is 1.87 bits per heavy atom. The Morgan fingerprint density at radius 3 is 2.58 bits per heavy atom. The van der Waals surface area contributed by atoms with Gasteiger partial charge in [0.05, 0.1) is 22.4 Å². The molecule has 1 amide bonds. The lowest BCUT2D eigenvalue weighted by Crippen LogP contribution is -2.35. The van der Waals surface area contributed by atoms with E-state index in [9.17, 15) is 9.18 Å². The standard InChI is InChI=1S/C30H25ClFN5O/c1-18-12-26-20(14-33-37(26)22-10-8-21(32)9-11-22)13-23(18)30-17-36(29(38)28-25(31)16-35(2)34-28)15-24(30)27(30)19-6-4-3-5-7-19/h3-14,16,24,27H,15,17H2,1-2H3/t24-,27-,30+/m0/s1. The summed E-state index contributed by atoms with van der Waals surface area (Å²) in [5.41, 5.74) is 5.56. The number of aromatic nitrogens is 4. The van der Waals surface area contributed by atoms with Crippen molar-refractivity contribution in [3.63, 3.8) is 0 Å². The fraction of sp³-hybridized carbons (Fsp3) is 0.233. The molecule has 38 heavy (non-hydrogen) atoms. The number of rotatable bonds is 4. The second kappa shape index (κ2) is 8.27. The zero-order valence-electron chi connectivity index (χ0n) is 21.0. The van der Waals surface area contributed by atoms with Gasteiger partial charge in [-0.3, -0.25) is 9.48 Å². The van der Waals surface area contributed by atoms with Gasteiger partial charge in [-0.1, -0.05) is 41.9 Å². The summed E-state index contributed by atoms with van der Waals surface area (Å²) in [6.07, 6.45) is 3.52. The lowest BCUT2D eigenvalue weighted by atomic mass is 9.86. The van der Waals surface area contributed by atoms with Crippen LogP contribution < -0.4 is 0 Å². The number of hydrogen-bond donors (Lipinski definition) is 0. The van der Waals surface area contributed by atoms with Crippen molar-refractivity contribution in [2.24, 2.45) is 13.0 Å². The van der Waals surface area contributed by atoms with Crippen LogP contribution >= 0.6 is 11.6 Å². The van der Waals surface area contributed by atoms with Crippen molar-refractivity contribution in [3.05, 3.63) is 112 Å². The van der Waals surface area contributed by atoms with Gasteiger partial charge in [0, 0.05) is 43.1 Å². The van der Waals surface area contributed by atoms with Gasteiger partial charge in [0.25, 0.3) is 5.91 Å². The van der Waals surface area contributed by atoms with Gasteiger partial charge in [-0.05, 0) is 65.9 Å². The summed E-state index contributed by atoms with van der Waals surface area (Å²) in [4.78, 5) is 15.4. The molecule has 0 bridgehead atoms. The summed E-state index contributed by atoms with van der Waals surface area (Å²) >= 11 is 6.33. The van der Waals surface area contributed by atoms with E-state index < -0.39 is 0 Å². The summed E-state index contributed by atoms with van der Waals surface area (Å²) < 4.78 is 16.9. The van der Waals surface area contributed by atoms with E-state index >= 15 is 0 Å². The molecule has 8 heteroatoms. The number of piperidine rings is 1. The Balaban J connectivity index is 1.31. The molecule has 0 unspecified atom stereocenters. The van der Waals surface area contributed by atoms with Crippen molar-refractivity contribution in [2.45, 2.75) is 18.3 Å². The average Bonchev–Trinajstić information content (AvgIpc) is 3.24. The second-order valence-electron chi connectivity index (χ2n) is 10.5. The topological polar surface area (TPSA) is 56.0 Å². The Hall–Kier alpha value is -3.97. The van der Waals surface area contributed by atoms with Gasteiger partial charge >= 0.3 is 0 Å². The van der Waals surface area contributed by atoms with E-state index in [1.54, 1.807) is 30.1 Å². The number of benzene rings is 3. The monoisotopic (exact) mass is 525 g/mol. The predicted molar refractivity (Wildman–Crippen MR) is 144 cm³/mol. The van der Waals surface area contributed by atoms with Gasteiger partial charge in [0.1, 0.15) is 5.82 Å². The molecule has 5 aromatic rings. The Labute approximate surface area is 224 Å². The van der Waals surface area contributed by atoms with Crippen LogP contribution in [0, 0.1) is 18.7 Å². The Kier molecular flexibility index (Phi) is 5.04. The number of carbonyl (C=O) groups excluding carboxylic acids is 1. The molecule has 2 aromatic heterocycles. The minimum atomic E-state index is -0.276. The van der Waals surface area contributed by atoms with Crippen molar-refractivity contribution in [1.29, 1.82) is 0 Å². The highest BCUT2D eigenvalue weighted by Gasteiger charge is 2.71. The van der Waals surface area contributed by atoms with Crippen LogP contribution in [0.5, 0.6) is 0 Å². The van der Waals surface area contributed by atoms with Gasteiger partial charge in [-0.2, -0.15) is 10.2 Å². The van der Waals surface area contributed by atoms with Crippen LogP contribution in [0.1, 0.15) is 33.1 Å². The summed E-state index contributed by atoms with van der Waals surface area (Å²) in [7, 11) is 1.77. The Bertz CT molecular complexity index is 1710. The van der Waals surface area contributed by atoms with Gasteiger partial charge in [-0.25, -0.2) is 9.07 Å². The molecule has 2 fully saturated rings. The molecular formula is C30H25ClFN5O. The molecule has 1 aliphatic carbocycles. The minimum absolute atomic E-state index is 0.128. The van der Waals surface area contributed by atoms with E-state index in [2.05, 4.69) is 53.5 Å². The van der Waals surface area contributed by atoms with Crippen molar-refractivity contribution < 1.29 is 9.18 Å². The van der Waals surface area contributed by atoms with Crippen LogP contribution in [0.3, 0.4) is 0 Å². The Morgan fingerprint density at radius 1 is 1.11 bits per heavy atom. The quantitative estimate of drug-likeness (QED) is 0.304. The average molecular weight is 526 g/mol. The number of halogens is 2. The van der Waals surface area contributed by atoms with Crippen molar-refractivity contribution in [2.75, 3.05) is 13.1 Å². The van der Waals surface area contributed by atoms with E-state index in [1.807, 2.05) is 21.8 Å². The number of aryl methyl sites for hydroxylation is 2. The summed E-state index contributed by atoms with van der Waals surface area (Å²) in [5.74, 6) is 0.202.